The molecule has 3 heterocycles. The van der Waals surface area contributed by atoms with E-state index in [9.17, 15) is 17.6 Å². The Bertz CT molecular complexity index is 1680. The van der Waals surface area contributed by atoms with Crippen LogP contribution in [0.4, 0.5) is 4.39 Å². The Kier molecular flexibility index (Phi) is 7.49. The molecule has 1 unspecified atom stereocenters. The molecule has 2 aliphatic heterocycles. The molecule has 0 spiro atoms. The highest BCUT2D eigenvalue weighted by molar-refractivity contribution is 7.90. The highest BCUT2D eigenvalue weighted by Crippen LogP contribution is 2.37. The zero-order valence-electron chi connectivity index (χ0n) is 23.9. The molecular weight excluding hydrogens is 551 g/mol. The number of nitrogens with zero attached hydrogens (tertiary/aromatic N) is 4. The zero-order valence-corrected chi connectivity index (χ0v) is 24.7. The Morgan fingerprint density at radius 1 is 1.00 bits per heavy atom. The number of benzene rings is 3. The molecule has 0 saturated carbocycles. The lowest BCUT2D eigenvalue weighted by atomic mass is 9.82. The Labute approximate surface area is 246 Å². The molecule has 42 heavy (non-hydrogen) atoms. The normalized spacial score (nSPS) is 19.6. The smallest absolute Gasteiger partial charge is 0.257 e. The Balaban J connectivity index is 1.19. The van der Waals surface area contributed by atoms with Crippen molar-refractivity contribution < 1.29 is 17.6 Å². The van der Waals surface area contributed by atoms with E-state index in [0.29, 0.717) is 23.5 Å². The van der Waals surface area contributed by atoms with Crippen molar-refractivity contribution in [3.05, 3.63) is 113 Å². The Hall–Kier alpha value is -3.82. The van der Waals surface area contributed by atoms with Crippen LogP contribution in [-0.2, 0) is 21.7 Å². The third-order valence-corrected chi connectivity index (χ3v) is 9.88. The molecule has 1 atom stereocenters. The highest BCUT2D eigenvalue weighted by atomic mass is 32.2. The van der Waals surface area contributed by atoms with E-state index < -0.39 is 9.84 Å². The van der Waals surface area contributed by atoms with Gasteiger partial charge in [-0.15, -0.1) is 0 Å². The molecule has 3 aromatic carbocycles. The predicted molar refractivity (Wildman–Crippen MR) is 160 cm³/mol. The topological polar surface area (TPSA) is 75.5 Å². The van der Waals surface area contributed by atoms with Gasteiger partial charge in [-0.25, -0.2) is 17.5 Å². The van der Waals surface area contributed by atoms with Gasteiger partial charge >= 0.3 is 0 Å². The van der Waals surface area contributed by atoms with Crippen molar-refractivity contribution >= 4 is 15.7 Å². The maximum atomic E-state index is 14.0. The molecule has 0 bridgehead atoms. The summed E-state index contributed by atoms with van der Waals surface area (Å²) in [4.78, 5) is 18.6. The minimum absolute atomic E-state index is 0.0116. The number of carbonyl (C=O) groups excluding carboxylic acids is 1. The number of amides is 1. The van der Waals surface area contributed by atoms with E-state index in [1.165, 1.54) is 24.0 Å². The van der Waals surface area contributed by atoms with Crippen molar-refractivity contribution in [3.8, 4) is 5.69 Å². The lowest BCUT2D eigenvalue weighted by Gasteiger charge is -2.40. The molecule has 2 aliphatic rings. The average Bonchev–Trinajstić information content (AvgIpc) is 3.58. The fourth-order valence-corrected chi connectivity index (χ4v) is 6.83. The number of likely N-dealkylation sites (tertiary alicyclic amines) is 2. The van der Waals surface area contributed by atoms with Crippen LogP contribution in [0.3, 0.4) is 0 Å². The van der Waals surface area contributed by atoms with Crippen molar-refractivity contribution in [1.29, 1.82) is 0 Å². The molecule has 0 N–H and O–H groups in total. The number of rotatable bonds is 8. The van der Waals surface area contributed by atoms with E-state index >= 15 is 0 Å². The van der Waals surface area contributed by atoms with Crippen molar-refractivity contribution in [2.75, 3.05) is 39.0 Å². The van der Waals surface area contributed by atoms with Crippen LogP contribution in [0, 0.1) is 5.82 Å². The predicted octanol–water partition coefficient (Wildman–Crippen LogP) is 4.86. The molecule has 9 heteroatoms. The first-order valence-corrected chi connectivity index (χ1v) is 16.2. The van der Waals surface area contributed by atoms with Crippen molar-refractivity contribution in [2.45, 2.75) is 36.0 Å². The van der Waals surface area contributed by atoms with Gasteiger partial charge in [-0.2, -0.15) is 5.10 Å². The van der Waals surface area contributed by atoms with Gasteiger partial charge in [-0.05, 0) is 60.4 Å². The standard InChI is InChI=1S/C33H35FN4O3S/c1-33(26-6-4-3-5-7-26)17-19-37(23-33)32(39)30-20-35-38(28-12-10-27(34)11-13-28)31(30)25-21-36(22-25)18-16-24-8-14-29(15-9-24)42(2,40)41/h3-15,20,25H,16-19,21-23H2,1-2H3. The largest absolute Gasteiger partial charge is 0.338 e. The number of hydrogen-bond donors (Lipinski definition) is 0. The van der Waals surface area contributed by atoms with Crippen LogP contribution in [0.1, 0.15) is 46.4 Å². The summed E-state index contributed by atoms with van der Waals surface area (Å²) < 4.78 is 39.0. The van der Waals surface area contributed by atoms with E-state index in [1.807, 2.05) is 35.2 Å². The van der Waals surface area contributed by atoms with Gasteiger partial charge in [0.1, 0.15) is 5.82 Å². The van der Waals surface area contributed by atoms with Gasteiger partial charge < -0.3 is 9.80 Å². The summed E-state index contributed by atoms with van der Waals surface area (Å²) in [6, 6.07) is 23.6. The Morgan fingerprint density at radius 3 is 2.36 bits per heavy atom. The molecule has 2 fully saturated rings. The maximum absolute atomic E-state index is 14.0. The van der Waals surface area contributed by atoms with Crippen molar-refractivity contribution in [3.63, 3.8) is 0 Å². The second kappa shape index (κ2) is 11.1. The summed E-state index contributed by atoms with van der Waals surface area (Å²) in [5.41, 5.74) is 4.42. The van der Waals surface area contributed by atoms with Crippen LogP contribution in [-0.4, -0.2) is 72.9 Å². The molecule has 218 valence electrons. The molecule has 2 saturated heterocycles. The first-order chi connectivity index (χ1) is 20.1. The highest BCUT2D eigenvalue weighted by Gasteiger charge is 2.40. The number of sulfone groups is 1. The molecule has 7 nitrogen and oxygen atoms in total. The average molecular weight is 587 g/mol. The van der Waals surface area contributed by atoms with Crippen LogP contribution in [0.5, 0.6) is 0 Å². The maximum Gasteiger partial charge on any atom is 0.257 e. The van der Waals surface area contributed by atoms with Gasteiger partial charge in [0.05, 0.1) is 28.0 Å². The van der Waals surface area contributed by atoms with E-state index in [4.69, 9.17) is 0 Å². The SMILES string of the molecule is CC1(c2ccccc2)CCN(C(=O)c2cnn(-c3ccc(F)cc3)c2C2CN(CCc3ccc(S(C)(=O)=O)cc3)C2)C1. The van der Waals surface area contributed by atoms with Gasteiger partial charge in [-0.3, -0.25) is 4.79 Å². The quantitative estimate of drug-likeness (QED) is 0.295. The van der Waals surface area contributed by atoms with Crippen LogP contribution >= 0.6 is 0 Å². The number of carbonyl (C=O) groups is 1. The van der Waals surface area contributed by atoms with Gasteiger partial charge in [0.25, 0.3) is 5.91 Å². The third kappa shape index (κ3) is 5.63. The summed E-state index contributed by atoms with van der Waals surface area (Å²) in [5.74, 6) is -0.227. The van der Waals surface area contributed by atoms with E-state index in [1.54, 1.807) is 35.1 Å². The first-order valence-electron chi connectivity index (χ1n) is 14.3. The van der Waals surface area contributed by atoms with Gasteiger partial charge in [0.2, 0.25) is 0 Å². The van der Waals surface area contributed by atoms with Crippen molar-refractivity contribution in [1.82, 2.24) is 19.6 Å². The van der Waals surface area contributed by atoms with Gasteiger partial charge in [-0.1, -0.05) is 49.4 Å². The summed E-state index contributed by atoms with van der Waals surface area (Å²) in [5, 5.41) is 4.63. The summed E-state index contributed by atoms with van der Waals surface area (Å²) >= 11 is 0. The van der Waals surface area contributed by atoms with E-state index in [0.717, 1.165) is 49.4 Å². The monoisotopic (exact) mass is 586 g/mol. The number of halogens is 1. The number of hydrogen-bond acceptors (Lipinski definition) is 5. The van der Waals surface area contributed by atoms with Crippen LogP contribution < -0.4 is 0 Å². The summed E-state index contributed by atoms with van der Waals surface area (Å²) in [6.45, 7) is 5.92. The Morgan fingerprint density at radius 2 is 1.69 bits per heavy atom. The fraction of sp³-hybridized carbons (Fsp3) is 0.333. The molecule has 0 aliphatic carbocycles. The molecule has 0 radical (unpaired) electrons. The lowest BCUT2D eigenvalue weighted by molar-refractivity contribution is 0.0778. The van der Waals surface area contributed by atoms with E-state index in [-0.39, 0.29) is 23.1 Å². The van der Waals surface area contributed by atoms with Gasteiger partial charge in [0.15, 0.2) is 9.84 Å². The minimum Gasteiger partial charge on any atom is -0.338 e. The first kappa shape index (κ1) is 28.3. The molecule has 4 aromatic rings. The van der Waals surface area contributed by atoms with Crippen LogP contribution in [0.15, 0.2) is 90.0 Å². The number of aromatic nitrogens is 2. The van der Waals surface area contributed by atoms with Crippen LogP contribution in [0.25, 0.3) is 5.69 Å². The fourth-order valence-electron chi connectivity index (χ4n) is 6.20. The van der Waals surface area contributed by atoms with E-state index in [2.05, 4.69) is 29.1 Å². The molecular formula is C33H35FN4O3S. The lowest BCUT2D eigenvalue weighted by Crippen LogP contribution is -2.47. The second-order valence-corrected chi connectivity index (χ2v) is 13.9. The minimum atomic E-state index is -3.21. The molecule has 1 amide bonds. The molecule has 1 aromatic heterocycles. The zero-order chi connectivity index (χ0) is 29.5. The summed E-state index contributed by atoms with van der Waals surface area (Å²) in [6.07, 6.45) is 4.58. The van der Waals surface area contributed by atoms with Crippen molar-refractivity contribution in [2.24, 2.45) is 0 Å². The van der Waals surface area contributed by atoms with Crippen LogP contribution in [0.2, 0.25) is 0 Å². The third-order valence-electron chi connectivity index (χ3n) is 8.75. The second-order valence-electron chi connectivity index (χ2n) is 11.9. The molecule has 6 rings (SSSR count). The van der Waals surface area contributed by atoms with Gasteiger partial charge in [0, 0.05) is 50.3 Å². The summed E-state index contributed by atoms with van der Waals surface area (Å²) in [7, 11) is -3.21.